The summed E-state index contributed by atoms with van der Waals surface area (Å²) in [7, 11) is 0. The normalized spacial score (nSPS) is 11.5. The number of aromatic carboxylic acids is 1. The second-order valence-electron chi connectivity index (χ2n) is 7.42. The molecule has 0 spiro atoms. The summed E-state index contributed by atoms with van der Waals surface area (Å²) in [6, 6.07) is 6.34. The first-order valence-electron chi connectivity index (χ1n) is 9.75. The lowest BCUT2D eigenvalue weighted by Gasteiger charge is -2.13. The van der Waals surface area contributed by atoms with Crippen molar-refractivity contribution in [3.63, 3.8) is 0 Å². The van der Waals surface area contributed by atoms with Crippen molar-refractivity contribution in [2.75, 3.05) is 5.32 Å². The van der Waals surface area contributed by atoms with Crippen LogP contribution >= 0.6 is 0 Å². The van der Waals surface area contributed by atoms with Gasteiger partial charge in [-0.1, -0.05) is 0 Å². The molecule has 0 radical (unpaired) electrons. The molecule has 0 amide bonds. The van der Waals surface area contributed by atoms with E-state index in [2.05, 4.69) is 25.4 Å². The Hall–Kier alpha value is -4.35. The maximum Gasteiger partial charge on any atom is 0.435 e. The summed E-state index contributed by atoms with van der Waals surface area (Å²) in [6.45, 7) is 3.11. The maximum atomic E-state index is 13.8. The number of anilines is 2. The highest BCUT2D eigenvalue weighted by Gasteiger charge is 2.35. The summed E-state index contributed by atoms with van der Waals surface area (Å²) < 4.78 is 54.6. The van der Waals surface area contributed by atoms with E-state index in [0.717, 1.165) is 16.9 Å². The van der Waals surface area contributed by atoms with Gasteiger partial charge in [0.25, 0.3) is 0 Å². The molecule has 0 aliphatic rings. The molecule has 3 heterocycles. The van der Waals surface area contributed by atoms with Crippen LogP contribution < -0.4 is 5.32 Å². The predicted molar refractivity (Wildman–Crippen MR) is 114 cm³/mol. The van der Waals surface area contributed by atoms with E-state index in [1.807, 2.05) is 0 Å². The third-order valence-electron chi connectivity index (χ3n) is 4.74. The van der Waals surface area contributed by atoms with Crippen molar-refractivity contribution in [2.24, 2.45) is 0 Å². The third kappa shape index (κ3) is 4.70. The average Bonchev–Trinajstić information content (AvgIpc) is 3.15. The average molecular weight is 472 g/mol. The number of hydrogen-bond acceptors (Lipinski definition) is 6. The fourth-order valence-electron chi connectivity index (χ4n) is 3.27. The number of carboxylic acid groups (broad SMARTS) is 1. The van der Waals surface area contributed by atoms with Gasteiger partial charge in [-0.05, 0) is 49.7 Å². The summed E-state index contributed by atoms with van der Waals surface area (Å²) in [5, 5.41) is 15.8. The van der Waals surface area contributed by atoms with Crippen LogP contribution in [-0.4, -0.2) is 35.8 Å². The van der Waals surface area contributed by atoms with Crippen molar-refractivity contribution in [2.45, 2.75) is 20.0 Å². The minimum absolute atomic E-state index is 0.0328. The van der Waals surface area contributed by atoms with E-state index < -0.39 is 23.7 Å². The molecule has 4 rings (SSSR count). The number of pyridine rings is 1. The molecule has 0 saturated heterocycles. The molecule has 0 saturated carbocycles. The first-order chi connectivity index (χ1) is 16.0. The molecule has 0 aliphatic carbocycles. The van der Waals surface area contributed by atoms with Crippen LogP contribution in [0.3, 0.4) is 0 Å². The van der Waals surface area contributed by atoms with Gasteiger partial charge in [0.1, 0.15) is 5.82 Å². The van der Waals surface area contributed by atoms with E-state index >= 15 is 0 Å². The van der Waals surface area contributed by atoms with Crippen LogP contribution in [0.2, 0.25) is 0 Å². The van der Waals surface area contributed by atoms with E-state index in [9.17, 15) is 27.5 Å². The van der Waals surface area contributed by atoms with Crippen molar-refractivity contribution >= 4 is 17.6 Å². The number of aryl methyl sites for hydroxylation is 2. The Balaban J connectivity index is 1.88. The zero-order chi connectivity index (χ0) is 24.6. The lowest BCUT2D eigenvalue weighted by Crippen LogP contribution is -2.11. The second-order valence-corrected chi connectivity index (χ2v) is 7.42. The van der Waals surface area contributed by atoms with Gasteiger partial charge in [0.2, 0.25) is 5.95 Å². The largest absolute Gasteiger partial charge is 0.478 e. The summed E-state index contributed by atoms with van der Waals surface area (Å²) in [6.07, 6.45) is -0.918. The lowest BCUT2D eigenvalue weighted by atomic mass is 10.1. The van der Waals surface area contributed by atoms with Gasteiger partial charge in [-0.2, -0.15) is 23.3 Å². The Labute approximate surface area is 189 Å². The topological polar surface area (TPSA) is 106 Å². The van der Waals surface area contributed by atoms with Crippen LogP contribution in [-0.2, 0) is 6.18 Å². The van der Waals surface area contributed by atoms with Crippen molar-refractivity contribution in [1.82, 2.24) is 24.7 Å². The summed E-state index contributed by atoms with van der Waals surface area (Å²) in [5.41, 5.74) is 0.286. The number of alkyl halides is 3. The molecule has 12 heteroatoms. The fourth-order valence-corrected chi connectivity index (χ4v) is 3.27. The van der Waals surface area contributed by atoms with Crippen LogP contribution in [0.5, 0.6) is 0 Å². The molecule has 3 aromatic heterocycles. The van der Waals surface area contributed by atoms with Crippen LogP contribution in [0.15, 0.2) is 48.9 Å². The quantitative estimate of drug-likeness (QED) is 0.396. The number of carboxylic acids is 1. The van der Waals surface area contributed by atoms with Gasteiger partial charge < -0.3 is 10.4 Å². The number of rotatable bonds is 5. The molecule has 4 aromatic rings. The Morgan fingerprint density at radius 3 is 2.47 bits per heavy atom. The molecule has 0 unspecified atom stereocenters. The van der Waals surface area contributed by atoms with Crippen molar-refractivity contribution in [1.29, 1.82) is 0 Å². The molecule has 1 aromatic carbocycles. The highest BCUT2D eigenvalue weighted by atomic mass is 19.4. The van der Waals surface area contributed by atoms with E-state index in [-0.39, 0.29) is 34.2 Å². The third-order valence-corrected chi connectivity index (χ3v) is 4.74. The summed E-state index contributed by atoms with van der Waals surface area (Å²) in [5.74, 6) is -1.81. The maximum absolute atomic E-state index is 13.8. The van der Waals surface area contributed by atoms with Crippen LogP contribution in [0.25, 0.3) is 16.9 Å². The first kappa shape index (κ1) is 22.8. The van der Waals surface area contributed by atoms with Crippen molar-refractivity contribution in [3.8, 4) is 16.9 Å². The number of carbonyl (C=O) groups is 1. The minimum atomic E-state index is -4.69. The van der Waals surface area contributed by atoms with Crippen LogP contribution in [0.1, 0.15) is 27.3 Å². The van der Waals surface area contributed by atoms with E-state index in [1.54, 1.807) is 13.0 Å². The number of hydrogen-bond donors (Lipinski definition) is 2. The number of benzene rings is 1. The SMILES string of the molecule is Cc1cc(F)cc(Nc2ncc(-c3cncc(C(=O)O)c3)c(-n3nc(C(F)(F)F)cc3C)n2)c1. The molecule has 2 N–H and O–H groups in total. The van der Waals surface area contributed by atoms with Gasteiger partial charge in [0.05, 0.1) is 5.56 Å². The number of nitrogens with zero attached hydrogens (tertiary/aromatic N) is 5. The van der Waals surface area contributed by atoms with E-state index in [0.29, 0.717) is 11.3 Å². The minimum Gasteiger partial charge on any atom is -0.478 e. The Morgan fingerprint density at radius 2 is 1.82 bits per heavy atom. The van der Waals surface area contributed by atoms with Gasteiger partial charge in [-0.25, -0.2) is 18.9 Å². The molecule has 174 valence electrons. The number of aromatic nitrogens is 5. The summed E-state index contributed by atoms with van der Waals surface area (Å²) in [4.78, 5) is 23.7. The zero-order valence-electron chi connectivity index (χ0n) is 17.7. The smallest absolute Gasteiger partial charge is 0.435 e. The van der Waals surface area contributed by atoms with Crippen molar-refractivity contribution in [3.05, 3.63) is 77.3 Å². The van der Waals surface area contributed by atoms with Crippen molar-refractivity contribution < 1.29 is 27.5 Å². The molecule has 0 fully saturated rings. The summed E-state index contributed by atoms with van der Waals surface area (Å²) >= 11 is 0. The fraction of sp³-hybridized carbons (Fsp3) is 0.136. The van der Waals surface area contributed by atoms with Crippen LogP contribution in [0, 0.1) is 19.7 Å². The lowest BCUT2D eigenvalue weighted by molar-refractivity contribution is -0.141. The van der Waals surface area contributed by atoms with Crippen LogP contribution in [0.4, 0.5) is 29.2 Å². The number of nitrogens with one attached hydrogen (secondary N) is 1. The molecule has 0 aliphatic heterocycles. The van der Waals surface area contributed by atoms with Gasteiger partial charge in [0.15, 0.2) is 11.5 Å². The monoisotopic (exact) mass is 472 g/mol. The molecular weight excluding hydrogens is 456 g/mol. The Morgan fingerprint density at radius 1 is 1.06 bits per heavy atom. The zero-order valence-corrected chi connectivity index (χ0v) is 17.7. The highest BCUT2D eigenvalue weighted by molar-refractivity contribution is 5.89. The molecule has 0 bridgehead atoms. The van der Waals surface area contributed by atoms with E-state index in [4.69, 9.17) is 0 Å². The van der Waals surface area contributed by atoms with Gasteiger partial charge in [0, 0.05) is 41.1 Å². The number of halogens is 4. The molecular formula is C22H16F4N6O2. The first-order valence-corrected chi connectivity index (χ1v) is 9.75. The predicted octanol–water partition coefficient (Wildman–Crippen LogP) is 4.94. The molecule has 0 atom stereocenters. The Kier molecular flexibility index (Phi) is 5.73. The van der Waals surface area contributed by atoms with Gasteiger partial charge >= 0.3 is 12.1 Å². The second kappa shape index (κ2) is 8.54. The van der Waals surface area contributed by atoms with E-state index in [1.165, 1.54) is 37.5 Å². The molecule has 8 nitrogen and oxygen atoms in total. The standard InChI is InChI=1S/C22H16F4N6O2/c1-11-3-15(23)7-16(4-11)29-21-28-10-17(13-6-14(20(33)34)9-27-8-13)19(30-21)32-12(2)5-18(31-32)22(24,25)26/h3-10H,1-2H3,(H,33,34)(H,28,29,30). The molecule has 34 heavy (non-hydrogen) atoms. The Bertz CT molecular complexity index is 1380. The van der Waals surface area contributed by atoms with Gasteiger partial charge in [-0.15, -0.1) is 0 Å². The van der Waals surface area contributed by atoms with Gasteiger partial charge in [-0.3, -0.25) is 4.98 Å². The highest BCUT2D eigenvalue weighted by Crippen LogP contribution is 2.32.